The number of aryl methyl sites for hydroxylation is 1. The van der Waals surface area contributed by atoms with E-state index in [4.69, 9.17) is 10.5 Å². The molecule has 2 aromatic carbocycles. The summed E-state index contributed by atoms with van der Waals surface area (Å²) in [4.78, 5) is 11.9. The van der Waals surface area contributed by atoms with Gasteiger partial charge in [0.25, 0.3) is 0 Å². The third-order valence-corrected chi connectivity index (χ3v) is 2.75. The van der Waals surface area contributed by atoms with Gasteiger partial charge in [-0.2, -0.15) is 0 Å². The Hall–Kier alpha value is -2.53. The summed E-state index contributed by atoms with van der Waals surface area (Å²) in [6.07, 6.45) is 0. The fourth-order valence-corrected chi connectivity index (χ4v) is 1.86. The monoisotopic (exact) mass is 285 g/mol. The highest BCUT2D eigenvalue weighted by Gasteiger charge is 2.04. The number of rotatable bonds is 5. The smallest absolute Gasteiger partial charge is 0.323 e. The third kappa shape index (κ3) is 4.81. The van der Waals surface area contributed by atoms with E-state index in [1.54, 1.807) is 12.1 Å². The summed E-state index contributed by atoms with van der Waals surface area (Å²) in [6.45, 7) is 2.87. The molecule has 0 aliphatic heterocycles. The number of urea groups is 1. The summed E-state index contributed by atoms with van der Waals surface area (Å²) >= 11 is 0. The molecule has 0 saturated heterocycles. The summed E-state index contributed by atoms with van der Waals surface area (Å²) < 4.78 is 5.41. The molecule has 5 heteroatoms. The van der Waals surface area contributed by atoms with Crippen molar-refractivity contribution in [3.05, 3.63) is 54.1 Å². The maximum absolute atomic E-state index is 11.9. The first kappa shape index (κ1) is 14.9. The Kier molecular flexibility index (Phi) is 5.17. The average Bonchev–Trinajstić information content (AvgIpc) is 2.45. The molecule has 0 fully saturated rings. The SMILES string of the molecule is Cc1cccc(NC(=O)Nc2cccc(OCCN)c2)c1. The van der Waals surface area contributed by atoms with Crippen LogP contribution >= 0.6 is 0 Å². The number of hydrogen-bond acceptors (Lipinski definition) is 3. The molecule has 0 radical (unpaired) electrons. The van der Waals surface area contributed by atoms with Gasteiger partial charge in [0.1, 0.15) is 12.4 Å². The van der Waals surface area contributed by atoms with Gasteiger partial charge in [-0.3, -0.25) is 0 Å². The van der Waals surface area contributed by atoms with Crippen LogP contribution in [0.2, 0.25) is 0 Å². The van der Waals surface area contributed by atoms with Gasteiger partial charge in [0.05, 0.1) is 0 Å². The van der Waals surface area contributed by atoms with Crippen LogP contribution < -0.4 is 21.1 Å². The number of ether oxygens (including phenoxy) is 1. The van der Waals surface area contributed by atoms with Crippen LogP contribution in [0, 0.1) is 6.92 Å². The first-order valence-electron chi connectivity index (χ1n) is 6.75. The molecule has 0 spiro atoms. The van der Waals surface area contributed by atoms with E-state index in [9.17, 15) is 4.79 Å². The molecule has 0 bridgehead atoms. The van der Waals surface area contributed by atoms with Gasteiger partial charge in [-0.15, -0.1) is 0 Å². The molecule has 2 amide bonds. The lowest BCUT2D eigenvalue weighted by molar-refractivity contribution is 0.262. The number of carbonyl (C=O) groups excluding carboxylic acids is 1. The molecule has 0 aliphatic carbocycles. The maximum atomic E-state index is 11.9. The van der Waals surface area contributed by atoms with Gasteiger partial charge in [0, 0.05) is 24.0 Å². The van der Waals surface area contributed by atoms with Crippen molar-refractivity contribution in [2.45, 2.75) is 6.92 Å². The number of nitrogens with one attached hydrogen (secondary N) is 2. The molecular formula is C16H19N3O2. The molecule has 0 atom stereocenters. The summed E-state index contributed by atoms with van der Waals surface area (Å²) in [6, 6.07) is 14.5. The second-order valence-corrected chi connectivity index (χ2v) is 4.61. The second kappa shape index (κ2) is 7.31. The summed E-state index contributed by atoms with van der Waals surface area (Å²) in [5.41, 5.74) is 7.89. The van der Waals surface area contributed by atoms with Crippen LogP contribution in [0.15, 0.2) is 48.5 Å². The quantitative estimate of drug-likeness (QED) is 0.790. The van der Waals surface area contributed by atoms with Crippen molar-refractivity contribution in [1.29, 1.82) is 0 Å². The lowest BCUT2D eigenvalue weighted by Gasteiger charge is -2.10. The van der Waals surface area contributed by atoms with Crippen LogP contribution in [0.25, 0.3) is 0 Å². The Balaban J connectivity index is 1.96. The predicted octanol–water partition coefficient (Wildman–Crippen LogP) is 2.98. The highest BCUT2D eigenvalue weighted by atomic mass is 16.5. The van der Waals surface area contributed by atoms with Gasteiger partial charge in [0.2, 0.25) is 0 Å². The summed E-state index contributed by atoms with van der Waals surface area (Å²) in [5, 5.41) is 5.55. The van der Waals surface area contributed by atoms with Crippen LogP contribution in [-0.2, 0) is 0 Å². The van der Waals surface area contributed by atoms with E-state index in [2.05, 4.69) is 10.6 Å². The number of hydrogen-bond donors (Lipinski definition) is 3. The lowest BCUT2D eigenvalue weighted by atomic mass is 10.2. The second-order valence-electron chi connectivity index (χ2n) is 4.61. The largest absolute Gasteiger partial charge is 0.492 e. The first-order valence-corrected chi connectivity index (χ1v) is 6.75. The number of carbonyl (C=O) groups is 1. The van der Waals surface area contributed by atoms with Crippen LogP contribution in [0.4, 0.5) is 16.2 Å². The minimum Gasteiger partial charge on any atom is -0.492 e. The fraction of sp³-hybridized carbons (Fsp3) is 0.188. The van der Waals surface area contributed by atoms with E-state index < -0.39 is 0 Å². The van der Waals surface area contributed by atoms with Crippen LogP contribution in [0.1, 0.15) is 5.56 Å². The molecular weight excluding hydrogens is 266 g/mol. The van der Waals surface area contributed by atoms with E-state index in [0.717, 1.165) is 11.3 Å². The molecule has 2 aromatic rings. The number of benzene rings is 2. The summed E-state index contributed by atoms with van der Waals surface area (Å²) in [5.74, 6) is 0.675. The van der Waals surface area contributed by atoms with Gasteiger partial charge < -0.3 is 21.1 Å². The van der Waals surface area contributed by atoms with Crippen molar-refractivity contribution in [3.63, 3.8) is 0 Å². The predicted molar refractivity (Wildman–Crippen MR) is 84.8 cm³/mol. The lowest BCUT2D eigenvalue weighted by Crippen LogP contribution is -2.19. The topological polar surface area (TPSA) is 76.4 Å². The Morgan fingerprint density at radius 3 is 2.43 bits per heavy atom. The van der Waals surface area contributed by atoms with Crippen LogP contribution in [0.5, 0.6) is 5.75 Å². The van der Waals surface area contributed by atoms with Gasteiger partial charge in [-0.25, -0.2) is 4.79 Å². The Morgan fingerprint density at radius 1 is 1.10 bits per heavy atom. The Labute approximate surface area is 124 Å². The zero-order chi connectivity index (χ0) is 15.1. The molecule has 0 unspecified atom stereocenters. The molecule has 21 heavy (non-hydrogen) atoms. The van der Waals surface area contributed by atoms with Gasteiger partial charge >= 0.3 is 6.03 Å². The van der Waals surface area contributed by atoms with Crippen molar-refractivity contribution < 1.29 is 9.53 Å². The minimum absolute atomic E-state index is 0.295. The average molecular weight is 285 g/mol. The third-order valence-electron chi connectivity index (χ3n) is 2.75. The Morgan fingerprint density at radius 2 is 1.76 bits per heavy atom. The van der Waals surface area contributed by atoms with Gasteiger partial charge in [0.15, 0.2) is 0 Å². The van der Waals surface area contributed by atoms with E-state index in [-0.39, 0.29) is 6.03 Å². The van der Waals surface area contributed by atoms with Crippen LogP contribution in [-0.4, -0.2) is 19.2 Å². The van der Waals surface area contributed by atoms with Crippen molar-refractivity contribution in [1.82, 2.24) is 0 Å². The molecule has 4 N–H and O–H groups in total. The number of amides is 2. The zero-order valence-electron chi connectivity index (χ0n) is 11.9. The van der Waals surface area contributed by atoms with Crippen LogP contribution in [0.3, 0.4) is 0 Å². The molecule has 0 aromatic heterocycles. The molecule has 0 aliphatic rings. The molecule has 2 rings (SSSR count). The highest BCUT2D eigenvalue weighted by molar-refractivity contribution is 5.99. The molecule has 110 valence electrons. The van der Waals surface area contributed by atoms with Crippen molar-refractivity contribution >= 4 is 17.4 Å². The van der Waals surface area contributed by atoms with Gasteiger partial charge in [-0.05, 0) is 36.8 Å². The number of nitrogens with two attached hydrogens (primary N) is 1. The molecule has 0 saturated carbocycles. The van der Waals surface area contributed by atoms with Crippen molar-refractivity contribution in [2.75, 3.05) is 23.8 Å². The Bertz CT molecular complexity index is 614. The highest BCUT2D eigenvalue weighted by Crippen LogP contribution is 2.17. The van der Waals surface area contributed by atoms with E-state index in [0.29, 0.717) is 24.6 Å². The molecule has 5 nitrogen and oxygen atoms in total. The van der Waals surface area contributed by atoms with Crippen molar-refractivity contribution in [2.24, 2.45) is 5.73 Å². The normalized spacial score (nSPS) is 10.0. The fourth-order valence-electron chi connectivity index (χ4n) is 1.86. The standard InChI is InChI=1S/C16H19N3O2/c1-12-4-2-5-13(10-12)18-16(20)19-14-6-3-7-15(11-14)21-9-8-17/h2-7,10-11H,8-9,17H2,1H3,(H2,18,19,20). The van der Waals surface area contributed by atoms with E-state index in [1.165, 1.54) is 0 Å². The van der Waals surface area contributed by atoms with Crippen molar-refractivity contribution in [3.8, 4) is 5.75 Å². The maximum Gasteiger partial charge on any atom is 0.323 e. The van der Waals surface area contributed by atoms with E-state index >= 15 is 0 Å². The first-order chi connectivity index (χ1) is 10.2. The zero-order valence-corrected chi connectivity index (χ0v) is 11.9. The summed E-state index contributed by atoms with van der Waals surface area (Å²) in [7, 11) is 0. The van der Waals surface area contributed by atoms with Gasteiger partial charge in [-0.1, -0.05) is 18.2 Å². The minimum atomic E-state index is -0.295. The number of anilines is 2. The molecule has 0 heterocycles. The van der Waals surface area contributed by atoms with E-state index in [1.807, 2.05) is 43.3 Å².